The number of nitrogens with one attached hydrogen (secondary N) is 1. The van der Waals surface area contributed by atoms with Crippen molar-refractivity contribution in [1.82, 2.24) is 0 Å². The van der Waals surface area contributed by atoms with Crippen LogP contribution in [-0.2, 0) is 6.42 Å². The van der Waals surface area contributed by atoms with Gasteiger partial charge in [-0.1, -0.05) is 84.9 Å². The third kappa shape index (κ3) is 3.80. The molecule has 172 valence electrons. The smallest absolute Gasteiger partial charge is 0.0430 e. The van der Waals surface area contributed by atoms with Crippen LogP contribution in [-0.4, -0.2) is 0 Å². The predicted molar refractivity (Wildman–Crippen MR) is 157 cm³/mol. The van der Waals surface area contributed by atoms with Gasteiger partial charge < -0.3 is 5.32 Å². The van der Waals surface area contributed by atoms with E-state index in [-0.39, 0.29) is 0 Å². The van der Waals surface area contributed by atoms with Gasteiger partial charge in [0.25, 0.3) is 0 Å². The number of fused-ring (bicyclic) bond motifs is 4. The SMILES string of the molecule is C1=Cc2sc3c(-c4ccc(Nc5ccc(-c6ccc7ccccc7c6)cc5)cc4)cccc3c2CC1. The lowest BCUT2D eigenvalue weighted by molar-refractivity contribution is 1.01. The highest BCUT2D eigenvalue weighted by atomic mass is 32.1. The zero-order valence-electron chi connectivity index (χ0n) is 19.9. The van der Waals surface area contributed by atoms with E-state index in [1.54, 1.807) is 0 Å². The van der Waals surface area contributed by atoms with Crippen LogP contribution in [0.25, 0.3) is 49.2 Å². The first-order chi connectivity index (χ1) is 17.8. The Morgan fingerprint density at radius 3 is 2.14 bits per heavy atom. The van der Waals surface area contributed by atoms with Gasteiger partial charge in [-0.05, 0) is 93.2 Å². The molecule has 0 spiro atoms. The van der Waals surface area contributed by atoms with Crippen molar-refractivity contribution in [2.24, 2.45) is 0 Å². The molecule has 0 saturated heterocycles. The highest BCUT2D eigenvalue weighted by Crippen LogP contribution is 2.41. The van der Waals surface area contributed by atoms with Crippen molar-refractivity contribution in [3.63, 3.8) is 0 Å². The van der Waals surface area contributed by atoms with Gasteiger partial charge in [-0.3, -0.25) is 0 Å². The molecule has 1 heterocycles. The summed E-state index contributed by atoms with van der Waals surface area (Å²) in [5.74, 6) is 0. The van der Waals surface area contributed by atoms with Crippen LogP contribution in [0, 0.1) is 0 Å². The Morgan fingerprint density at radius 1 is 0.611 bits per heavy atom. The predicted octanol–water partition coefficient (Wildman–Crippen LogP) is 10.1. The largest absolute Gasteiger partial charge is 0.356 e. The topological polar surface area (TPSA) is 12.0 Å². The van der Waals surface area contributed by atoms with Crippen molar-refractivity contribution in [3.8, 4) is 22.3 Å². The van der Waals surface area contributed by atoms with E-state index in [2.05, 4.69) is 127 Å². The second kappa shape index (κ2) is 8.82. The fourth-order valence-corrected chi connectivity index (χ4v) is 6.56. The maximum Gasteiger partial charge on any atom is 0.0430 e. The fourth-order valence-electron chi connectivity index (χ4n) is 5.24. The van der Waals surface area contributed by atoms with Crippen LogP contribution < -0.4 is 5.32 Å². The monoisotopic (exact) mass is 479 g/mol. The number of rotatable bonds is 4. The second-order valence-electron chi connectivity index (χ2n) is 9.41. The third-order valence-corrected chi connectivity index (χ3v) is 8.38. The highest BCUT2D eigenvalue weighted by molar-refractivity contribution is 7.20. The summed E-state index contributed by atoms with van der Waals surface area (Å²) >= 11 is 1.93. The number of hydrogen-bond acceptors (Lipinski definition) is 2. The van der Waals surface area contributed by atoms with Gasteiger partial charge >= 0.3 is 0 Å². The van der Waals surface area contributed by atoms with E-state index in [1.807, 2.05) is 11.3 Å². The summed E-state index contributed by atoms with van der Waals surface area (Å²) in [6.45, 7) is 0. The van der Waals surface area contributed by atoms with Crippen molar-refractivity contribution >= 4 is 49.6 Å². The van der Waals surface area contributed by atoms with E-state index in [0.29, 0.717) is 0 Å². The summed E-state index contributed by atoms with van der Waals surface area (Å²) in [4.78, 5) is 1.43. The van der Waals surface area contributed by atoms with Crippen LogP contribution in [0.15, 0.2) is 115 Å². The lowest BCUT2D eigenvalue weighted by Crippen LogP contribution is -1.90. The molecule has 0 amide bonds. The molecule has 0 radical (unpaired) electrons. The van der Waals surface area contributed by atoms with Gasteiger partial charge in [0.1, 0.15) is 0 Å². The third-order valence-electron chi connectivity index (χ3n) is 7.13. The van der Waals surface area contributed by atoms with Crippen LogP contribution in [0.4, 0.5) is 11.4 Å². The van der Waals surface area contributed by atoms with Crippen molar-refractivity contribution in [2.45, 2.75) is 12.8 Å². The van der Waals surface area contributed by atoms with E-state index in [9.17, 15) is 0 Å². The molecule has 1 N–H and O–H groups in total. The first kappa shape index (κ1) is 21.2. The Labute approximate surface area is 215 Å². The molecule has 0 aliphatic heterocycles. The number of allylic oxidation sites excluding steroid dienone is 1. The minimum atomic E-state index is 1.09. The molecule has 0 bridgehead atoms. The molecule has 0 atom stereocenters. The summed E-state index contributed by atoms with van der Waals surface area (Å²) < 4.78 is 1.40. The quantitative estimate of drug-likeness (QED) is 0.265. The molecule has 1 aromatic heterocycles. The van der Waals surface area contributed by atoms with Gasteiger partial charge in [0.05, 0.1) is 0 Å². The van der Waals surface area contributed by atoms with E-state index in [4.69, 9.17) is 0 Å². The van der Waals surface area contributed by atoms with Gasteiger partial charge in [-0.15, -0.1) is 11.3 Å². The van der Waals surface area contributed by atoms with Crippen LogP contribution >= 0.6 is 11.3 Å². The van der Waals surface area contributed by atoms with Crippen molar-refractivity contribution in [1.29, 1.82) is 0 Å². The molecule has 7 rings (SSSR count). The molecule has 1 aliphatic carbocycles. The lowest BCUT2D eigenvalue weighted by atomic mass is 9.98. The average Bonchev–Trinajstić information content (AvgIpc) is 3.33. The summed E-state index contributed by atoms with van der Waals surface area (Å²) in [5, 5.41) is 7.53. The molecular weight excluding hydrogens is 454 g/mol. The maximum atomic E-state index is 3.56. The maximum absolute atomic E-state index is 3.56. The number of hydrogen-bond donors (Lipinski definition) is 1. The number of thiophene rings is 1. The standard InChI is InChI=1S/C34H25NS/c1-2-7-26-22-27(13-12-23(26)6-1)24-14-18-28(19-15-24)35-29-20-16-25(17-21-29)30-9-5-10-32-31-8-3-4-11-33(31)36-34(30)32/h1-2,4-7,9-22,35H,3,8H2. The molecule has 5 aromatic carbocycles. The molecule has 1 aliphatic rings. The average molecular weight is 480 g/mol. The Bertz CT molecular complexity index is 1740. The van der Waals surface area contributed by atoms with E-state index >= 15 is 0 Å². The molecule has 0 fully saturated rings. The second-order valence-corrected chi connectivity index (χ2v) is 10.5. The van der Waals surface area contributed by atoms with Crippen LogP contribution in [0.1, 0.15) is 16.9 Å². The van der Waals surface area contributed by atoms with E-state index < -0.39 is 0 Å². The van der Waals surface area contributed by atoms with E-state index in [1.165, 1.54) is 53.6 Å². The normalized spacial score (nSPS) is 12.7. The Hall–Kier alpha value is -4.14. The summed E-state index contributed by atoms with van der Waals surface area (Å²) in [5.41, 5.74) is 8.76. The van der Waals surface area contributed by atoms with Crippen LogP contribution in [0.5, 0.6) is 0 Å². The molecular formula is C34H25NS. The minimum Gasteiger partial charge on any atom is -0.356 e. The zero-order valence-corrected chi connectivity index (χ0v) is 20.7. The fraction of sp³-hybridized carbons (Fsp3) is 0.0588. The molecule has 36 heavy (non-hydrogen) atoms. The molecule has 2 heteroatoms. The minimum absolute atomic E-state index is 1.09. The highest BCUT2D eigenvalue weighted by Gasteiger charge is 2.15. The first-order valence-electron chi connectivity index (χ1n) is 12.5. The van der Waals surface area contributed by atoms with Crippen molar-refractivity contribution in [2.75, 3.05) is 5.32 Å². The van der Waals surface area contributed by atoms with Gasteiger partial charge in [0.15, 0.2) is 0 Å². The zero-order chi connectivity index (χ0) is 23.9. The Balaban J connectivity index is 1.12. The van der Waals surface area contributed by atoms with Gasteiger partial charge in [-0.25, -0.2) is 0 Å². The molecule has 6 aromatic rings. The number of benzene rings is 5. The van der Waals surface area contributed by atoms with Gasteiger partial charge in [0.2, 0.25) is 0 Å². The van der Waals surface area contributed by atoms with Crippen molar-refractivity contribution in [3.05, 3.63) is 126 Å². The number of aryl methyl sites for hydroxylation is 1. The first-order valence-corrected chi connectivity index (χ1v) is 13.3. The molecule has 0 saturated carbocycles. The lowest BCUT2D eigenvalue weighted by Gasteiger charge is -2.10. The molecule has 1 nitrogen and oxygen atoms in total. The van der Waals surface area contributed by atoms with E-state index in [0.717, 1.165) is 24.2 Å². The molecule has 0 unspecified atom stereocenters. The summed E-state index contributed by atoms with van der Waals surface area (Å²) in [6.07, 6.45) is 6.89. The van der Waals surface area contributed by atoms with Gasteiger partial charge in [-0.2, -0.15) is 0 Å². The number of anilines is 2. The Kier molecular flexibility index (Phi) is 5.18. The Morgan fingerprint density at radius 2 is 1.33 bits per heavy atom. The summed E-state index contributed by atoms with van der Waals surface area (Å²) in [7, 11) is 0. The van der Waals surface area contributed by atoms with Crippen molar-refractivity contribution < 1.29 is 0 Å². The summed E-state index contributed by atoms with van der Waals surface area (Å²) in [6, 6.07) is 39.4. The van der Waals surface area contributed by atoms with Gasteiger partial charge in [0, 0.05) is 21.0 Å². The van der Waals surface area contributed by atoms with Crippen LogP contribution in [0.3, 0.4) is 0 Å². The van der Waals surface area contributed by atoms with Crippen LogP contribution in [0.2, 0.25) is 0 Å².